The Morgan fingerprint density at radius 3 is 2.67 bits per heavy atom. The third-order valence-electron chi connectivity index (χ3n) is 3.60. The topological polar surface area (TPSA) is 35.5 Å². The summed E-state index contributed by atoms with van der Waals surface area (Å²) in [5.74, 6) is 0.819. The maximum atomic E-state index is 13.0. The fraction of sp³-hybridized carbons (Fsp3) is 0.150. The normalized spacial score (nSPS) is 14.5. The fourth-order valence-corrected chi connectivity index (χ4v) is 2.48. The maximum absolute atomic E-state index is 13.0. The molecule has 3 nitrogen and oxygen atoms in total. The number of halogens is 1. The van der Waals surface area contributed by atoms with Gasteiger partial charge >= 0.3 is 0 Å². The van der Waals surface area contributed by atoms with E-state index in [0.29, 0.717) is 29.2 Å². The van der Waals surface area contributed by atoms with E-state index in [1.807, 2.05) is 19.9 Å². The number of allylic oxidation sites excluding steroid dienone is 1. The molecule has 0 unspecified atom stereocenters. The van der Waals surface area contributed by atoms with Crippen LogP contribution in [0.3, 0.4) is 0 Å². The smallest absolute Gasteiger partial charge is 0.232 e. The van der Waals surface area contributed by atoms with Crippen LogP contribution in [0.25, 0.3) is 6.08 Å². The highest BCUT2D eigenvalue weighted by atomic mass is 19.1. The zero-order chi connectivity index (χ0) is 17.3. The van der Waals surface area contributed by atoms with Gasteiger partial charge in [0.1, 0.15) is 23.9 Å². The van der Waals surface area contributed by atoms with Crippen molar-refractivity contribution in [2.75, 3.05) is 6.61 Å². The Kier molecular flexibility index (Phi) is 4.21. The average Bonchev–Trinajstić information content (AvgIpc) is 2.84. The molecular formula is C20H17FO3. The lowest BCUT2D eigenvalue weighted by atomic mass is 10.0. The second kappa shape index (κ2) is 6.32. The molecule has 24 heavy (non-hydrogen) atoms. The first-order valence-electron chi connectivity index (χ1n) is 7.55. The fourth-order valence-electron chi connectivity index (χ4n) is 2.48. The monoisotopic (exact) mass is 324 g/mol. The summed E-state index contributed by atoms with van der Waals surface area (Å²) in [6.45, 7) is 7.92. The Morgan fingerprint density at radius 2 is 2.00 bits per heavy atom. The van der Waals surface area contributed by atoms with Crippen molar-refractivity contribution in [3.63, 3.8) is 0 Å². The number of rotatable bonds is 4. The van der Waals surface area contributed by atoms with Gasteiger partial charge in [0, 0.05) is 6.07 Å². The lowest BCUT2D eigenvalue weighted by Gasteiger charge is -2.08. The first kappa shape index (κ1) is 16.0. The van der Waals surface area contributed by atoms with Crippen LogP contribution in [0, 0.1) is 12.7 Å². The number of hydrogen-bond donors (Lipinski definition) is 0. The molecule has 122 valence electrons. The van der Waals surface area contributed by atoms with E-state index in [4.69, 9.17) is 9.47 Å². The number of hydrogen-bond acceptors (Lipinski definition) is 3. The maximum Gasteiger partial charge on any atom is 0.232 e. The van der Waals surface area contributed by atoms with E-state index < -0.39 is 0 Å². The highest BCUT2D eigenvalue weighted by Crippen LogP contribution is 2.37. The molecule has 1 heterocycles. The molecule has 0 saturated carbocycles. The van der Waals surface area contributed by atoms with Gasteiger partial charge in [-0.3, -0.25) is 4.79 Å². The summed E-state index contributed by atoms with van der Waals surface area (Å²) < 4.78 is 24.3. The standard InChI is InChI=1S/C20H17FO3/c1-12(2)11-23-16-8-13(3)19-17(10-16)24-18(20(19)22)9-14-4-6-15(21)7-5-14/h4-10H,1,11H2,2-3H3/b18-9-. The van der Waals surface area contributed by atoms with Crippen LogP contribution < -0.4 is 9.47 Å². The number of carbonyl (C=O) groups is 1. The number of Topliss-reactive ketones (excluding diaryl/α,β-unsaturated/α-hetero) is 1. The van der Waals surface area contributed by atoms with E-state index >= 15 is 0 Å². The SMILES string of the molecule is C=C(C)COc1cc(C)c2c(c1)O/C(=C\c1ccc(F)cc1)C2=O. The Labute approximate surface area is 140 Å². The van der Waals surface area contributed by atoms with Crippen LogP contribution >= 0.6 is 0 Å². The quantitative estimate of drug-likeness (QED) is 0.604. The summed E-state index contributed by atoms with van der Waals surface area (Å²) in [4.78, 5) is 12.5. The molecule has 1 aliphatic rings. The summed E-state index contributed by atoms with van der Waals surface area (Å²) >= 11 is 0. The lowest BCUT2D eigenvalue weighted by Crippen LogP contribution is -2.00. The zero-order valence-electron chi connectivity index (χ0n) is 13.6. The van der Waals surface area contributed by atoms with Crippen LogP contribution in [0.1, 0.15) is 28.4 Å². The van der Waals surface area contributed by atoms with Crippen LogP contribution in [-0.2, 0) is 0 Å². The number of aryl methyl sites for hydroxylation is 1. The first-order valence-corrected chi connectivity index (χ1v) is 7.55. The van der Waals surface area contributed by atoms with Gasteiger partial charge in [0.15, 0.2) is 5.76 Å². The highest BCUT2D eigenvalue weighted by molar-refractivity contribution is 6.15. The van der Waals surface area contributed by atoms with E-state index in [1.54, 1.807) is 24.3 Å². The van der Waals surface area contributed by atoms with Gasteiger partial charge in [0.05, 0.1) is 5.56 Å². The second-order valence-corrected chi connectivity index (χ2v) is 5.85. The number of carbonyl (C=O) groups excluding carboxylic acids is 1. The Hall–Kier alpha value is -2.88. The molecule has 3 rings (SSSR count). The average molecular weight is 324 g/mol. The number of fused-ring (bicyclic) bond motifs is 1. The minimum absolute atomic E-state index is 0.182. The van der Waals surface area contributed by atoms with Gasteiger partial charge in [-0.1, -0.05) is 18.7 Å². The van der Waals surface area contributed by atoms with Gasteiger partial charge in [0.25, 0.3) is 0 Å². The largest absolute Gasteiger partial charge is 0.489 e. The van der Waals surface area contributed by atoms with Crippen LogP contribution in [0.4, 0.5) is 4.39 Å². The summed E-state index contributed by atoms with van der Waals surface area (Å²) in [7, 11) is 0. The number of benzene rings is 2. The Balaban J connectivity index is 1.90. The zero-order valence-corrected chi connectivity index (χ0v) is 13.6. The molecule has 2 aromatic rings. The predicted molar refractivity (Wildman–Crippen MR) is 90.8 cm³/mol. The lowest BCUT2D eigenvalue weighted by molar-refractivity contribution is 0.101. The molecule has 0 spiro atoms. The van der Waals surface area contributed by atoms with Crippen molar-refractivity contribution in [1.29, 1.82) is 0 Å². The molecule has 2 aromatic carbocycles. The minimum atomic E-state index is -0.325. The van der Waals surface area contributed by atoms with Crippen molar-refractivity contribution < 1.29 is 18.7 Å². The molecule has 1 aliphatic heterocycles. The van der Waals surface area contributed by atoms with E-state index in [0.717, 1.165) is 11.1 Å². The third kappa shape index (κ3) is 3.23. The van der Waals surface area contributed by atoms with Crippen molar-refractivity contribution in [3.05, 3.63) is 76.8 Å². The van der Waals surface area contributed by atoms with Crippen LogP contribution in [0.5, 0.6) is 11.5 Å². The molecule has 0 atom stereocenters. The van der Waals surface area contributed by atoms with Crippen molar-refractivity contribution in [3.8, 4) is 11.5 Å². The molecule has 0 fully saturated rings. The summed E-state index contributed by atoms with van der Waals surface area (Å²) in [6, 6.07) is 9.38. The van der Waals surface area contributed by atoms with Gasteiger partial charge in [-0.05, 0) is 54.8 Å². The summed E-state index contributed by atoms with van der Waals surface area (Å²) in [5, 5.41) is 0. The van der Waals surface area contributed by atoms with Gasteiger partial charge in [-0.2, -0.15) is 0 Å². The van der Waals surface area contributed by atoms with Crippen molar-refractivity contribution in [1.82, 2.24) is 0 Å². The summed E-state index contributed by atoms with van der Waals surface area (Å²) in [6.07, 6.45) is 1.61. The molecule has 0 bridgehead atoms. The molecule has 0 N–H and O–H groups in total. The highest BCUT2D eigenvalue weighted by Gasteiger charge is 2.29. The van der Waals surface area contributed by atoms with E-state index in [-0.39, 0.29) is 17.4 Å². The molecule has 0 aromatic heterocycles. The minimum Gasteiger partial charge on any atom is -0.489 e. The van der Waals surface area contributed by atoms with Gasteiger partial charge in [-0.25, -0.2) is 4.39 Å². The van der Waals surface area contributed by atoms with Gasteiger partial charge in [0.2, 0.25) is 5.78 Å². The molecular weight excluding hydrogens is 307 g/mol. The van der Waals surface area contributed by atoms with Gasteiger partial charge in [-0.15, -0.1) is 0 Å². The van der Waals surface area contributed by atoms with E-state index in [1.165, 1.54) is 12.1 Å². The second-order valence-electron chi connectivity index (χ2n) is 5.85. The van der Waals surface area contributed by atoms with Crippen molar-refractivity contribution in [2.45, 2.75) is 13.8 Å². The number of ether oxygens (including phenoxy) is 2. The van der Waals surface area contributed by atoms with Crippen molar-refractivity contribution >= 4 is 11.9 Å². The van der Waals surface area contributed by atoms with E-state index in [9.17, 15) is 9.18 Å². The molecule has 0 amide bonds. The van der Waals surface area contributed by atoms with Crippen LogP contribution in [0.15, 0.2) is 54.3 Å². The predicted octanol–water partition coefficient (Wildman–Crippen LogP) is 4.71. The number of ketones is 1. The Morgan fingerprint density at radius 1 is 1.29 bits per heavy atom. The van der Waals surface area contributed by atoms with Crippen molar-refractivity contribution in [2.24, 2.45) is 0 Å². The third-order valence-corrected chi connectivity index (χ3v) is 3.60. The molecule has 4 heteroatoms. The first-order chi connectivity index (χ1) is 11.4. The summed E-state index contributed by atoms with van der Waals surface area (Å²) in [5.41, 5.74) is 2.92. The van der Waals surface area contributed by atoms with Crippen LogP contribution in [-0.4, -0.2) is 12.4 Å². The molecule has 0 radical (unpaired) electrons. The van der Waals surface area contributed by atoms with Crippen LogP contribution in [0.2, 0.25) is 0 Å². The van der Waals surface area contributed by atoms with Gasteiger partial charge < -0.3 is 9.47 Å². The Bertz CT molecular complexity index is 848. The molecule has 0 aliphatic carbocycles. The van der Waals surface area contributed by atoms with E-state index in [2.05, 4.69) is 6.58 Å². The molecule has 0 saturated heterocycles.